The Kier molecular flexibility index (Phi) is 1.96. The second-order valence-electron chi connectivity index (χ2n) is 4.46. The van der Waals surface area contributed by atoms with Crippen molar-refractivity contribution in [2.45, 2.75) is 31.7 Å². The normalized spacial score (nSPS) is 24.5. The number of hydrogen-bond acceptors (Lipinski definition) is 2. The van der Waals surface area contributed by atoms with Crippen molar-refractivity contribution in [3.8, 4) is 0 Å². The van der Waals surface area contributed by atoms with E-state index in [0.717, 1.165) is 5.56 Å². The quantitative estimate of drug-likeness (QED) is 0.670. The van der Waals surface area contributed by atoms with E-state index in [4.69, 9.17) is 5.73 Å². The molecule has 2 heteroatoms. The summed E-state index contributed by atoms with van der Waals surface area (Å²) in [6.45, 7) is 3.90. The smallest absolute Gasteiger partial charge is 0.159 e. The lowest BCUT2D eigenvalue weighted by Crippen LogP contribution is -2.48. The number of carbonyl (C=O) groups is 1. The maximum Gasteiger partial charge on any atom is 0.159 e. The van der Waals surface area contributed by atoms with Gasteiger partial charge in [0.15, 0.2) is 5.78 Å². The van der Waals surface area contributed by atoms with Crippen molar-refractivity contribution in [1.29, 1.82) is 0 Å². The fourth-order valence-electron chi connectivity index (χ4n) is 2.23. The summed E-state index contributed by atoms with van der Waals surface area (Å²) in [5.41, 5.74) is 7.74. The summed E-state index contributed by atoms with van der Waals surface area (Å²) in [6, 6.07) is 7.73. The lowest BCUT2D eigenvalue weighted by Gasteiger charge is -2.34. The fourth-order valence-corrected chi connectivity index (χ4v) is 2.23. The Hall–Kier alpha value is -1.15. The van der Waals surface area contributed by atoms with Crippen LogP contribution < -0.4 is 5.73 Å². The third-order valence-electron chi connectivity index (χ3n) is 3.08. The summed E-state index contributed by atoms with van der Waals surface area (Å²) < 4.78 is 0. The lowest BCUT2D eigenvalue weighted by molar-refractivity contribution is -0.125. The number of fused-ring (bicyclic) bond motifs is 1. The molecule has 1 aromatic rings. The Morgan fingerprint density at radius 3 is 2.71 bits per heavy atom. The van der Waals surface area contributed by atoms with E-state index in [-0.39, 0.29) is 11.8 Å². The number of carbonyl (C=O) groups excluding carboxylic acids is 1. The molecule has 74 valence electrons. The van der Waals surface area contributed by atoms with Crippen LogP contribution in [0.1, 0.15) is 25.0 Å². The van der Waals surface area contributed by atoms with Gasteiger partial charge >= 0.3 is 0 Å². The van der Waals surface area contributed by atoms with E-state index in [2.05, 4.69) is 6.07 Å². The van der Waals surface area contributed by atoms with Gasteiger partial charge in [0.2, 0.25) is 0 Å². The van der Waals surface area contributed by atoms with Crippen molar-refractivity contribution < 1.29 is 4.79 Å². The van der Waals surface area contributed by atoms with Crippen LogP contribution in [0.5, 0.6) is 0 Å². The van der Waals surface area contributed by atoms with Gasteiger partial charge in [0, 0.05) is 0 Å². The molecule has 2 N–H and O–H groups in total. The van der Waals surface area contributed by atoms with E-state index < -0.39 is 5.41 Å². The zero-order valence-corrected chi connectivity index (χ0v) is 8.58. The van der Waals surface area contributed by atoms with Crippen LogP contribution in [0.4, 0.5) is 0 Å². The monoisotopic (exact) mass is 189 g/mol. The number of hydrogen-bond donors (Lipinski definition) is 1. The molecule has 0 saturated heterocycles. The van der Waals surface area contributed by atoms with E-state index in [1.54, 1.807) is 0 Å². The first kappa shape index (κ1) is 9.41. The maximum atomic E-state index is 11.9. The average Bonchev–Trinajstić information content (AvgIpc) is 2.15. The Bertz CT molecular complexity index is 382. The van der Waals surface area contributed by atoms with Crippen molar-refractivity contribution in [3.05, 3.63) is 35.4 Å². The molecule has 1 atom stereocenters. The largest absolute Gasteiger partial charge is 0.321 e. The molecule has 0 fully saturated rings. The molecule has 1 aromatic carbocycles. The van der Waals surface area contributed by atoms with Gasteiger partial charge in [-0.25, -0.2) is 0 Å². The molecular weight excluding hydrogens is 174 g/mol. The molecule has 0 bridgehead atoms. The minimum atomic E-state index is -0.422. The first-order valence-corrected chi connectivity index (χ1v) is 4.92. The standard InChI is InChI=1S/C12H15NO/c1-12(2)9-6-4-3-5-8(9)7-10(13)11(12)14/h3-6,10H,7,13H2,1-2H3/t10-/m1/s1. The molecule has 0 aromatic heterocycles. The van der Waals surface area contributed by atoms with Gasteiger partial charge in [-0.15, -0.1) is 0 Å². The van der Waals surface area contributed by atoms with Gasteiger partial charge in [-0.2, -0.15) is 0 Å². The molecule has 0 spiro atoms. The van der Waals surface area contributed by atoms with E-state index >= 15 is 0 Å². The van der Waals surface area contributed by atoms with Crippen molar-refractivity contribution >= 4 is 5.78 Å². The molecule has 0 radical (unpaired) electrons. The Morgan fingerprint density at radius 2 is 2.00 bits per heavy atom. The summed E-state index contributed by atoms with van der Waals surface area (Å²) in [6.07, 6.45) is 0.679. The topological polar surface area (TPSA) is 43.1 Å². The van der Waals surface area contributed by atoms with Crippen molar-refractivity contribution in [1.82, 2.24) is 0 Å². The molecule has 2 rings (SSSR count). The minimum Gasteiger partial charge on any atom is -0.321 e. The number of benzene rings is 1. The molecule has 0 amide bonds. The van der Waals surface area contributed by atoms with E-state index in [1.807, 2.05) is 32.0 Å². The highest BCUT2D eigenvalue weighted by Gasteiger charge is 2.39. The summed E-state index contributed by atoms with van der Waals surface area (Å²) in [5, 5.41) is 0. The number of rotatable bonds is 0. The lowest BCUT2D eigenvalue weighted by atomic mass is 9.70. The second kappa shape index (κ2) is 2.92. The molecule has 0 unspecified atom stereocenters. The van der Waals surface area contributed by atoms with Gasteiger partial charge in [0.1, 0.15) is 0 Å². The molecule has 0 heterocycles. The van der Waals surface area contributed by atoms with Crippen molar-refractivity contribution in [2.24, 2.45) is 5.73 Å². The van der Waals surface area contributed by atoms with Crippen LogP contribution in [0.25, 0.3) is 0 Å². The van der Waals surface area contributed by atoms with Crippen LogP contribution in [0, 0.1) is 0 Å². The number of ketones is 1. The highest BCUT2D eigenvalue weighted by Crippen LogP contribution is 2.33. The third-order valence-corrected chi connectivity index (χ3v) is 3.08. The van der Waals surface area contributed by atoms with Gasteiger partial charge in [0.05, 0.1) is 11.5 Å². The first-order valence-electron chi connectivity index (χ1n) is 4.92. The summed E-state index contributed by atoms with van der Waals surface area (Å²) in [7, 11) is 0. The Morgan fingerprint density at radius 1 is 1.36 bits per heavy atom. The summed E-state index contributed by atoms with van der Waals surface area (Å²) in [5.74, 6) is 0.149. The van der Waals surface area contributed by atoms with Crippen LogP contribution in [0.3, 0.4) is 0 Å². The zero-order chi connectivity index (χ0) is 10.3. The predicted molar refractivity (Wildman–Crippen MR) is 56.2 cm³/mol. The van der Waals surface area contributed by atoms with Gasteiger partial charge in [-0.1, -0.05) is 24.3 Å². The van der Waals surface area contributed by atoms with Crippen LogP contribution in [0.2, 0.25) is 0 Å². The maximum absolute atomic E-state index is 11.9. The van der Waals surface area contributed by atoms with Crippen LogP contribution in [0.15, 0.2) is 24.3 Å². The fraction of sp³-hybridized carbons (Fsp3) is 0.417. The van der Waals surface area contributed by atoms with E-state index in [0.29, 0.717) is 6.42 Å². The predicted octanol–water partition coefficient (Wildman–Crippen LogP) is 1.42. The van der Waals surface area contributed by atoms with Crippen molar-refractivity contribution in [2.75, 3.05) is 0 Å². The number of nitrogens with two attached hydrogens (primary N) is 1. The highest BCUT2D eigenvalue weighted by molar-refractivity contribution is 5.95. The van der Waals surface area contributed by atoms with Gasteiger partial charge in [-0.3, -0.25) is 4.79 Å². The Balaban J connectivity index is 2.60. The van der Waals surface area contributed by atoms with E-state index in [1.165, 1.54) is 5.56 Å². The van der Waals surface area contributed by atoms with Gasteiger partial charge < -0.3 is 5.73 Å². The van der Waals surface area contributed by atoms with Gasteiger partial charge in [-0.05, 0) is 31.4 Å². The summed E-state index contributed by atoms with van der Waals surface area (Å²) >= 11 is 0. The van der Waals surface area contributed by atoms with Crippen LogP contribution in [-0.4, -0.2) is 11.8 Å². The molecule has 1 aliphatic carbocycles. The minimum absolute atomic E-state index is 0.149. The molecule has 1 aliphatic rings. The van der Waals surface area contributed by atoms with E-state index in [9.17, 15) is 4.79 Å². The third kappa shape index (κ3) is 1.18. The molecule has 0 saturated carbocycles. The molecule has 14 heavy (non-hydrogen) atoms. The Labute approximate surface area is 84.1 Å². The van der Waals surface area contributed by atoms with Gasteiger partial charge in [0.25, 0.3) is 0 Å². The van der Waals surface area contributed by atoms with Crippen molar-refractivity contribution in [3.63, 3.8) is 0 Å². The van der Waals surface area contributed by atoms with Crippen LogP contribution in [-0.2, 0) is 16.6 Å². The second-order valence-corrected chi connectivity index (χ2v) is 4.46. The summed E-state index contributed by atoms with van der Waals surface area (Å²) in [4.78, 5) is 11.9. The molecule has 2 nitrogen and oxygen atoms in total. The average molecular weight is 189 g/mol. The molecule has 0 aliphatic heterocycles. The first-order chi connectivity index (χ1) is 6.53. The zero-order valence-electron chi connectivity index (χ0n) is 8.58. The highest BCUT2D eigenvalue weighted by atomic mass is 16.1. The van der Waals surface area contributed by atoms with Crippen LogP contribution >= 0.6 is 0 Å². The molecular formula is C12H15NO. The number of Topliss-reactive ketones (excluding diaryl/α,β-unsaturated/α-hetero) is 1. The SMILES string of the molecule is CC1(C)C(=O)[C@H](N)Cc2ccccc21.